The van der Waals surface area contributed by atoms with Crippen molar-refractivity contribution < 1.29 is 22.7 Å². The molecule has 1 aliphatic rings. The lowest BCUT2D eigenvalue weighted by Crippen LogP contribution is -2.31. The van der Waals surface area contributed by atoms with Gasteiger partial charge in [0.05, 0.1) is 19.3 Å². The van der Waals surface area contributed by atoms with Crippen LogP contribution in [0.15, 0.2) is 24.3 Å². The second kappa shape index (κ2) is 10.2. The van der Waals surface area contributed by atoms with Crippen LogP contribution in [-0.2, 0) is 26.1 Å². The summed E-state index contributed by atoms with van der Waals surface area (Å²) in [6.45, 7) is 7.69. The van der Waals surface area contributed by atoms with Crippen LogP contribution in [0.1, 0.15) is 38.7 Å². The molecule has 8 heteroatoms. The topological polar surface area (TPSA) is 84.9 Å². The van der Waals surface area contributed by atoms with Crippen molar-refractivity contribution in [2.45, 2.75) is 39.7 Å². The highest BCUT2D eigenvalue weighted by Gasteiger charge is 2.47. The van der Waals surface area contributed by atoms with E-state index in [9.17, 15) is 13.2 Å². The number of nitrogens with zero attached hydrogens (tertiary/aromatic N) is 1. The number of hydrogen-bond acceptors (Lipinski definition) is 6. The third-order valence-corrected chi connectivity index (χ3v) is 6.79. The predicted octanol–water partition coefficient (Wildman–Crippen LogP) is 2.17. The number of esters is 1. The summed E-state index contributed by atoms with van der Waals surface area (Å²) in [5.74, 6) is 0.271. The number of methoxy groups -OCH3 is 1. The molecule has 0 aromatic heterocycles. The maximum atomic E-state index is 12.5. The summed E-state index contributed by atoms with van der Waals surface area (Å²) in [4.78, 5) is 13.8. The fourth-order valence-electron chi connectivity index (χ4n) is 3.18. The van der Waals surface area contributed by atoms with E-state index in [-0.39, 0.29) is 24.7 Å². The minimum Gasteiger partial charge on any atom is -0.492 e. The number of para-hydroxylation sites is 1. The van der Waals surface area contributed by atoms with Gasteiger partial charge in [0.2, 0.25) is 10.0 Å². The van der Waals surface area contributed by atoms with Crippen molar-refractivity contribution in [3.63, 3.8) is 0 Å². The van der Waals surface area contributed by atoms with Crippen molar-refractivity contribution in [3.05, 3.63) is 29.8 Å². The van der Waals surface area contributed by atoms with Gasteiger partial charge in [0, 0.05) is 18.7 Å². The molecule has 2 rings (SSSR count). The molecule has 1 N–H and O–H groups in total. The number of hydrogen-bond donors (Lipinski definition) is 1. The first-order chi connectivity index (χ1) is 13.3. The Morgan fingerprint density at radius 1 is 1.21 bits per heavy atom. The Labute approximate surface area is 168 Å². The van der Waals surface area contributed by atoms with Gasteiger partial charge in [-0.2, -0.15) is 0 Å². The zero-order chi connectivity index (χ0) is 20.6. The highest BCUT2D eigenvalue weighted by Crippen LogP contribution is 2.49. The summed E-state index contributed by atoms with van der Waals surface area (Å²) in [5, 5.41) is 0. The Bertz CT molecular complexity index is 743. The van der Waals surface area contributed by atoms with Gasteiger partial charge in [0.1, 0.15) is 12.4 Å². The number of ether oxygens (including phenoxy) is 2. The van der Waals surface area contributed by atoms with Crippen LogP contribution in [0, 0.1) is 5.41 Å². The lowest BCUT2D eigenvalue weighted by atomic mass is 10.1. The zero-order valence-electron chi connectivity index (χ0n) is 17.1. The molecule has 0 radical (unpaired) electrons. The summed E-state index contributed by atoms with van der Waals surface area (Å²) in [6.07, 6.45) is 1.61. The van der Waals surface area contributed by atoms with Crippen LogP contribution in [-0.4, -0.2) is 58.4 Å². The van der Waals surface area contributed by atoms with Crippen molar-refractivity contribution in [1.29, 1.82) is 0 Å². The van der Waals surface area contributed by atoms with Crippen LogP contribution in [0.25, 0.3) is 0 Å². The number of rotatable bonds is 13. The molecule has 0 saturated heterocycles. The van der Waals surface area contributed by atoms with E-state index in [0.717, 1.165) is 38.0 Å². The smallest absolute Gasteiger partial charge is 0.306 e. The van der Waals surface area contributed by atoms with Crippen LogP contribution < -0.4 is 9.46 Å². The summed E-state index contributed by atoms with van der Waals surface area (Å²) in [6, 6.07) is 7.45. The van der Waals surface area contributed by atoms with Crippen molar-refractivity contribution in [2.24, 2.45) is 5.41 Å². The molecule has 1 aliphatic carbocycles. The zero-order valence-corrected chi connectivity index (χ0v) is 17.9. The predicted molar refractivity (Wildman–Crippen MR) is 109 cm³/mol. The van der Waals surface area contributed by atoms with Crippen LogP contribution in [0.2, 0.25) is 0 Å². The SMILES string of the molecule is CCN(CC)CCOc1ccccc1CNS(=O)(=O)CC1(CC(=O)OC)CC1. The van der Waals surface area contributed by atoms with Gasteiger partial charge in [-0.1, -0.05) is 32.0 Å². The van der Waals surface area contributed by atoms with Gasteiger partial charge in [-0.3, -0.25) is 4.79 Å². The van der Waals surface area contributed by atoms with E-state index in [0.29, 0.717) is 12.4 Å². The molecule has 1 aromatic rings. The molecule has 0 bridgehead atoms. The Hall–Kier alpha value is -1.64. The molecule has 7 nitrogen and oxygen atoms in total. The molecule has 0 heterocycles. The lowest BCUT2D eigenvalue weighted by molar-refractivity contribution is -0.141. The normalized spacial score (nSPS) is 15.4. The quantitative estimate of drug-likeness (QED) is 0.500. The second-order valence-corrected chi connectivity index (χ2v) is 9.12. The molecule has 28 heavy (non-hydrogen) atoms. The van der Waals surface area contributed by atoms with E-state index >= 15 is 0 Å². The van der Waals surface area contributed by atoms with Crippen LogP contribution in [0.5, 0.6) is 5.75 Å². The third-order valence-electron chi connectivity index (χ3n) is 5.21. The van der Waals surface area contributed by atoms with E-state index < -0.39 is 15.4 Å². The number of sulfonamides is 1. The Kier molecular flexibility index (Phi) is 8.27. The number of likely N-dealkylation sites (N-methyl/N-ethyl adjacent to an activating group) is 1. The first kappa shape index (κ1) is 22.6. The van der Waals surface area contributed by atoms with E-state index in [1.54, 1.807) is 0 Å². The third kappa shape index (κ3) is 7.07. The summed E-state index contributed by atoms with van der Waals surface area (Å²) < 4.78 is 38.2. The Balaban J connectivity index is 1.90. The van der Waals surface area contributed by atoms with Gasteiger partial charge in [-0.15, -0.1) is 0 Å². The molecule has 158 valence electrons. The number of benzene rings is 1. The number of nitrogens with one attached hydrogen (secondary N) is 1. The minimum absolute atomic E-state index is 0.0555. The fraction of sp³-hybridized carbons (Fsp3) is 0.650. The average molecular weight is 413 g/mol. The number of carbonyl (C=O) groups is 1. The van der Waals surface area contributed by atoms with Crippen molar-refractivity contribution in [2.75, 3.05) is 39.1 Å². The Morgan fingerprint density at radius 3 is 2.50 bits per heavy atom. The van der Waals surface area contributed by atoms with E-state index in [2.05, 4.69) is 28.2 Å². The first-order valence-electron chi connectivity index (χ1n) is 9.80. The molecule has 0 atom stereocenters. The van der Waals surface area contributed by atoms with Gasteiger partial charge in [0.15, 0.2) is 0 Å². The van der Waals surface area contributed by atoms with Gasteiger partial charge < -0.3 is 14.4 Å². The average Bonchev–Trinajstić information content (AvgIpc) is 3.42. The molecule has 0 aliphatic heterocycles. The summed E-state index contributed by atoms with van der Waals surface area (Å²) in [5.41, 5.74) is 0.321. The summed E-state index contributed by atoms with van der Waals surface area (Å²) in [7, 11) is -2.19. The Morgan fingerprint density at radius 2 is 1.89 bits per heavy atom. The molecule has 0 amide bonds. The maximum absolute atomic E-state index is 12.5. The lowest BCUT2D eigenvalue weighted by Gasteiger charge is -2.19. The second-order valence-electron chi connectivity index (χ2n) is 7.32. The summed E-state index contributed by atoms with van der Waals surface area (Å²) >= 11 is 0. The van der Waals surface area contributed by atoms with Crippen molar-refractivity contribution in [3.8, 4) is 5.75 Å². The molecule has 0 spiro atoms. The van der Waals surface area contributed by atoms with E-state index in [1.807, 2.05) is 24.3 Å². The molecule has 1 aromatic carbocycles. The first-order valence-corrected chi connectivity index (χ1v) is 11.5. The van der Waals surface area contributed by atoms with E-state index in [4.69, 9.17) is 4.74 Å². The van der Waals surface area contributed by atoms with Crippen LogP contribution in [0.3, 0.4) is 0 Å². The van der Waals surface area contributed by atoms with Crippen LogP contribution >= 0.6 is 0 Å². The standard InChI is InChI=1S/C20H32N2O5S/c1-4-22(5-2)12-13-27-18-9-7-6-8-17(18)15-21-28(24,25)16-20(10-11-20)14-19(23)26-3/h6-9,21H,4-5,10-16H2,1-3H3. The van der Waals surface area contributed by atoms with Crippen LogP contribution in [0.4, 0.5) is 0 Å². The fourth-order valence-corrected chi connectivity index (χ4v) is 4.86. The molecule has 1 saturated carbocycles. The molecule has 0 unspecified atom stereocenters. The highest BCUT2D eigenvalue weighted by atomic mass is 32.2. The van der Waals surface area contributed by atoms with Crippen molar-refractivity contribution >= 4 is 16.0 Å². The van der Waals surface area contributed by atoms with Gasteiger partial charge in [-0.25, -0.2) is 13.1 Å². The van der Waals surface area contributed by atoms with Crippen molar-refractivity contribution in [1.82, 2.24) is 9.62 Å². The van der Waals surface area contributed by atoms with E-state index in [1.165, 1.54) is 7.11 Å². The maximum Gasteiger partial charge on any atom is 0.306 e. The monoisotopic (exact) mass is 412 g/mol. The largest absolute Gasteiger partial charge is 0.492 e. The highest BCUT2D eigenvalue weighted by molar-refractivity contribution is 7.89. The van der Waals surface area contributed by atoms with Gasteiger partial charge in [-0.05, 0) is 37.4 Å². The molecular formula is C20H32N2O5S. The van der Waals surface area contributed by atoms with Gasteiger partial charge in [0.25, 0.3) is 0 Å². The molecule has 1 fully saturated rings. The number of carbonyl (C=O) groups excluding carboxylic acids is 1. The van der Waals surface area contributed by atoms with Gasteiger partial charge >= 0.3 is 5.97 Å². The molecular weight excluding hydrogens is 380 g/mol. The minimum atomic E-state index is -3.51.